The molecule has 0 aliphatic carbocycles. The Kier molecular flexibility index (Phi) is 6.14. The molecule has 1 atom stereocenters. The predicted molar refractivity (Wildman–Crippen MR) is 84.7 cm³/mol. The SMILES string of the molecule is CC1CCCN(C(=O)c2ccc(Br)cc2N)CC1.Cl. The molecule has 0 radical (unpaired) electrons. The molecule has 19 heavy (non-hydrogen) atoms. The maximum atomic E-state index is 12.4. The fraction of sp³-hybridized carbons (Fsp3) is 0.500. The molecule has 1 heterocycles. The van der Waals surface area contributed by atoms with E-state index < -0.39 is 0 Å². The quantitative estimate of drug-likeness (QED) is 0.787. The molecule has 5 heteroatoms. The monoisotopic (exact) mass is 346 g/mol. The van der Waals surface area contributed by atoms with Crippen molar-refractivity contribution < 1.29 is 4.79 Å². The standard InChI is InChI=1S/C14H19BrN2O.ClH/c1-10-3-2-7-17(8-6-10)14(18)12-5-4-11(15)9-13(12)16;/h4-5,9-10H,2-3,6-8,16H2,1H3;1H. The maximum Gasteiger partial charge on any atom is 0.255 e. The van der Waals surface area contributed by atoms with Crippen LogP contribution in [-0.2, 0) is 0 Å². The zero-order chi connectivity index (χ0) is 13.1. The molecule has 2 N–H and O–H groups in total. The molecule has 0 bridgehead atoms. The molecule has 3 nitrogen and oxygen atoms in total. The Morgan fingerprint density at radius 1 is 1.37 bits per heavy atom. The van der Waals surface area contributed by atoms with E-state index in [2.05, 4.69) is 22.9 Å². The minimum Gasteiger partial charge on any atom is -0.398 e. The summed E-state index contributed by atoms with van der Waals surface area (Å²) in [6.45, 7) is 3.94. The van der Waals surface area contributed by atoms with E-state index in [0.717, 1.165) is 30.4 Å². The van der Waals surface area contributed by atoms with E-state index in [1.54, 1.807) is 12.1 Å². The number of nitrogen functional groups attached to an aromatic ring is 1. The highest BCUT2D eigenvalue weighted by Crippen LogP contribution is 2.22. The second-order valence-corrected chi connectivity index (χ2v) is 5.98. The van der Waals surface area contributed by atoms with E-state index in [0.29, 0.717) is 17.2 Å². The van der Waals surface area contributed by atoms with E-state index in [4.69, 9.17) is 5.73 Å². The van der Waals surface area contributed by atoms with Crippen LogP contribution in [0.25, 0.3) is 0 Å². The Hall–Kier alpha value is -0.740. The topological polar surface area (TPSA) is 46.3 Å². The molecule has 1 amide bonds. The minimum atomic E-state index is 0. The van der Waals surface area contributed by atoms with Crippen molar-refractivity contribution >= 4 is 39.9 Å². The number of anilines is 1. The summed E-state index contributed by atoms with van der Waals surface area (Å²) in [7, 11) is 0. The number of likely N-dealkylation sites (tertiary alicyclic amines) is 1. The van der Waals surface area contributed by atoms with Crippen molar-refractivity contribution in [1.82, 2.24) is 4.90 Å². The number of hydrogen-bond donors (Lipinski definition) is 1. The lowest BCUT2D eigenvalue weighted by Crippen LogP contribution is -2.32. The summed E-state index contributed by atoms with van der Waals surface area (Å²) in [6.07, 6.45) is 3.38. The number of hydrogen-bond acceptors (Lipinski definition) is 2. The molecule has 106 valence electrons. The lowest BCUT2D eigenvalue weighted by molar-refractivity contribution is 0.0761. The van der Waals surface area contributed by atoms with Crippen molar-refractivity contribution in [3.8, 4) is 0 Å². The molecule has 1 aliphatic rings. The minimum absolute atomic E-state index is 0. The molecule has 0 spiro atoms. The van der Waals surface area contributed by atoms with Crippen LogP contribution in [0.2, 0.25) is 0 Å². The van der Waals surface area contributed by atoms with Crippen molar-refractivity contribution in [3.63, 3.8) is 0 Å². The van der Waals surface area contributed by atoms with Crippen molar-refractivity contribution in [2.45, 2.75) is 26.2 Å². The van der Waals surface area contributed by atoms with Crippen molar-refractivity contribution in [1.29, 1.82) is 0 Å². The highest BCUT2D eigenvalue weighted by atomic mass is 79.9. The first-order valence-corrected chi connectivity index (χ1v) is 7.21. The zero-order valence-electron chi connectivity index (χ0n) is 11.1. The van der Waals surface area contributed by atoms with Crippen LogP contribution in [0, 0.1) is 5.92 Å². The highest BCUT2D eigenvalue weighted by Gasteiger charge is 2.21. The first-order valence-electron chi connectivity index (χ1n) is 6.42. The Labute approximate surface area is 129 Å². The van der Waals surface area contributed by atoms with Gasteiger partial charge in [-0.05, 0) is 43.4 Å². The van der Waals surface area contributed by atoms with Crippen molar-refractivity contribution in [3.05, 3.63) is 28.2 Å². The zero-order valence-corrected chi connectivity index (χ0v) is 13.5. The van der Waals surface area contributed by atoms with Gasteiger partial charge in [0.15, 0.2) is 0 Å². The number of halogens is 2. The Morgan fingerprint density at radius 2 is 2.11 bits per heavy atom. The number of benzene rings is 1. The molecule has 0 saturated carbocycles. The summed E-state index contributed by atoms with van der Waals surface area (Å²) in [5.74, 6) is 0.777. The van der Waals surface area contributed by atoms with Gasteiger partial charge < -0.3 is 10.6 Å². The number of carbonyl (C=O) groups is 1. The van der Waals surface area contributed by atoms with Gasteiger partial charge in [-0.3, -0.25) is 4.79 Å². The highest BCUT2D eigenvalue weighted by molar-refractivity contribution is 9.10. The van der Waals surface area contributed by atoms with Crippen LogP contribution in [0.1, 0.15) is 36.5 Å². The summed E-state index contributed by atoms with van der Waals surface area (Å²) in [6, 6.07) is 5.45. The third-order valence-electron chi connectivity index (χ3n) is 3.55. The van der Waals surface area contributed by atoms with Crippen LogP contribution in [0.4, 0.5) is 5.69 Å². The molecular formula is C14H20BrClN2O. The third kappa shape index (κ3) is 4.11. The molecule has 1 unspecified atom stereocenters. The molecule has 1 saturated heterocycles. The van der Waals surface area contributed by atoms with Crippen LogP contribution in [0.3, 0.4) is 0 Å². The van der Waals surface area contributed by atoms with Gasteiger partial charge in [-0.2, -0.15) is 0 Å². The normalized spacial score (nSPS) is 19.5. The Balaban J connectivity index is 0.00000180. The van der Waals surface area contributed by atoms with Gasteiger partial charge in [0.2, 0.25) is 0 Å². The van der Waals surface area contributed by atoms with Gasteiger partial charge >= 0.3 is 0 Å². The summed E-state index contributed by atoms with van der Waals surface area (Å²) in [4.78, 5) is 14.4. The summed E-state index contributed by atoms with van der Waals surface area (Å²) in [5, 5.41) is 0. The average Bonchev–Trinajstić information content (AvgIpc) is 2.53. The van der Waals surface area contributed by atoms with Crippen molar-refractivity contribution in [2.24, 2.45) is 5.92 Å². The lowest BCUT2D eigenvalue weighted by Gasteiger charge is -2.21. The lowest BCUT2D eigenvalue weighted by atomic mass is 10.0. The van der Waals surface area contributed by atoms with Gasteiger partial charge in [0.1, 0.15) is 0 Å². The number of rotatable bonds is 1. The molecule has 1 aliphatic heterocycles. The van der Waals surface area contributed by atoms with E-state index in [1.807, 2.05) is 11.0 Å². The van der Waals surface area contributed by atoms with E-state index in [1.165, 1.54) is 6.42 Å². The van der Waals surface area contributed by atoms with Crippen LogP contribution in [0.5, 0.6) is 0 Å². The van der Waals surface area contributed by atoms with Crippen LogP contribution in [0.15, 0.2) is 22.7 Å². The molecule has 2 rings (SSSR count). The van der Waals surface area contributed by atoms with E-state index in [-0.39, 0.29) is 18.3 Å². The number of nitrogens with zero attached hydrogens (tertiary/aromatic N) is 1. The predicted octanol–water partition coefficient (Wildman–Crippen LogP) is 3.72. The molecular weight excluding hydrogens is 328 g/mol. The Bertz CT molecular complexity index is 453. The first kappa shape index (κ1) is 16.3. The van der Waals surface area contributed by atoms with E-state index in [9.17, 15) is 4.79 Å². The van der Waals surface area contributed by atoms with Gasteiger partial charge in [-0.25, -0.2) is 0 Å². The van der Waals surface area contributed by atoms with Crippen LogP contribution >= 0.6 is 28.3 Å². The molecule has 1 aromatic rings. The second kappa shape index (κ2) is 7.15. The van der Waals surface area contributed by atoms with Crippen LogP contribution < -0.4 is 5.73 Å². The fourth-order valence-electron chi connectivity index (χ4n) is 2.36. The summed E-state index contributed by atoms with van der Waals surface area (Å²) >= 11 is 3.36. The number of amides is 1. The average molecular weight is 348 g/mol. The summed E-state index contributed by atoms with van der Waals surface area (Å²) < 4.78 is 0.904. The fourth-order valence-corrected chi connectivity index (χ4v) is 2.74. The third-order valence-corrected chi connectivity index (χ3v) is 4.04. The van der Waals surface area contributed by atoms with Gasteiger partial charge in [0.25, 0.3) is 5.91 Å². The van der Waals surface area contributed by atoms with Gasteiger partial charge in [-0.1, -0.05) is 22.9 Å². The van der Waals surface area contributed by atoms with Gasteiger partial charge in [0, 0.05) is 23.2 Å². The first-order chi connectivity index (χ1) is 8.58. The van der Waals surface area contributed by atoms with Crippen LogP contribution in [-0.4, -0.2) is 23.9 Å². The number of nitrogens with two attached hydrogens (primary N) is 1. The molecule has 0 aromatic heterocycles. The van der Waals surface area contributed by atoms with Gasteiger partial charge in [0.05, 0.1) is 5.56 Å². The largest absolute Gasteiger partial charge is 0.398 e. The maximum absolute atomic E-state index is 12.4. The Morgan fingerprint density at radius 3 is 2.79 bits per heavy atom. The molecule has 1 aromatic carbocycles. The summed E-state index contributed by atoms with van der Waals surface area (Å²) in [5.41, 5.74) is 7.08. The second-order valence-electron chi connectivity index (χ2n) is 5.06. The number of carbonyl (C=O) groups excluding carboxylic acids is 1. The van der Waals surface area contributed by atoms with E-state index >= 15 is 0 Å². The molecule has 1 fully saturated rings. The van der Waals surface area contributed by atoms with Crippen molar-refractivity contribution in [2.75, 3.05) is 18.8 Å². The smallest absolute Gasteiger partial charge is 0.255 e. The van der Waals surface area contributed by atoms with Gasteiger partial charge in [-0.15, -0.1) is 12.4 Å².